The summed E-state index contributed by atoms with van der Waals surface area (Å²) in [5, 5.41) is 10.9. The molecule has 8 nitrogen and oxygen atoms in total. The van der Waals surface area contributed by atoms with Gasteiger partial charge in [0.15, 0.2) is 0 Å². The van der Waals surface area contributed by atoms with Gasteiger partial charge in [0.2, 0.25) is 5.76 Å². The molecular formula is C31H29F7N4O4. The molecule has 0 amide bonds. The minimum absolute atomic E-state index is 0.00821. The average Bonchev–Trinajstić information content (AvgIpc) is 3.48. The van der Waals surface area contributed by atoms with Crippen molar-refractivity contribution in [3.8, 4) is 0 Å². The van der Waals surface area contributed by atoms with Gasteiger partial charge in [0, 0.05) is 37.4 Å². The second-order valence-electron chi connectivity index (χ2n) is 10.9. The van der Waals surface area contributed by atoms with Gasteiger partial charge < -0.3 is 14.4 Å². The van der Waals surface area contributed by atoms with Crippen LogP contribution in [0.4, 0.5) is 36.4 Å². The van der Waals surface area contributed by atoms with Gasteiger partial charge in [0.25, 0.3) is 5.56 Å². The zero-order chi connectivity index (χ0) is 33.4. The Kier molecular flexibility index (Phi) is 9.18. The number of hydrogen-bond donors (Lipinski definition) is 1. The molecule has 0 saturated carbocycles. The highest BCUT2D eigenvalue weighted by Gasteiger charge is 2.36. The zero-order valence-corrected chi connectivity index (χ0v) is 24.4. The summed E-state index contributed by atoms with van der Waals surface area (Å²) in [6.45, 7) is 0.906. The number of piperazine rings is 1. The van der Waals surface area contributed by atoms with Crippen molar-refractivity contribution in [2.75, 3.05) is 31.1 Å². The van der Waals surface area contributed by atoms with Crippen LogP contribution in [0.1, 0.15) is 40.0 Å². The molecule has 4 aromatic rings. The summed E-state index contributed by atoms with van der Waals surface area (Å²) in [4.78, 5) is 31.0. The molecule has 1 saturated heterocycles. The third-order valence-electron chi connectivity index (χ3n) is 7.95. The highest BCUT2D eigenvalue weighted by molar-refractivity contribution is 5.50. The minimum Gasteiger partial charge on any atom is -0.455 e. The number of rotatable bonds is 8. The average molecular weight is 655 g/mol. The lowest BCUT2D eigenvalue weighted by Crippen LogP contribution is -2.51. The number of furan rings is 1. The number of nitrogens with zero attached hydrogens (tertiary/aromatic N) is 4. The molecule has 1 fully saturated rings. The first-order valence-corrected chi connectivity index (χ1v) is 14.2. The summed E-state index contributed by atoms with van der Waals surface area (Å²) >= 11 is 0. The summed E-state index contributed by atoms with van der Waals surface area (Å²) in [5.74, 6) is -2.22. The monoisotopic (exact) mass is 654 g/mol. The number of hydrogen-bond acceptors (Lipinski definition) is 6. The Hall–Kier alpha value is -4.37. The molecule has 46 heavy (non-hydrogen) atoms. The molecule has 3 heterocycles. The summed E-state index contributed by atoms with van der Waals surface area (Å²) < 4.78 is 102. The van der Waals surface area contributed by atoms with Crippen molar-refractivity contribution < 1.29 is 40.3 Å². The first kappa shape index (κ1) is 33.0. The first-order chi connectivity index (χ1) is 21.6. The van der Waals surface area contributed by atoms with E-state index in [0.717, 1.165) is 27.3 Å². The maximum atomic E-state index is 14.9. The van der Waals surface area contributed by atoms with E-state index in [2.05, 4.69) is 0 Å². The molecule has 15 heteroatoms. The van der Waals surface area contributed by atoms with Crippen LogP contribution in [0.5, 0.6) is 0 Å². The van der Waals surface area contributed by atoms with E-state index in [0.29, 0.717) is 11.6 Å². The molecule has 0 unspecified atom stereocenters. The number of aliphatic hydroxyl groups is 1. The molecule has 1 N–H and O–H groups in total. The van der Waals surface area contributed by atoms with Crippen molar-refractivity contribution in [3.63, 3.8) is 0 Å². The predicted molar refractivity (Wildman–Crippen MR) is 153 cm³/mol. The van der Waals surface area contributed by atoms with E-state index in [1.807, 2.05) is 0 Å². The van der Waals surface area contributed by atoms with E-state index in [4.69, 9.17) is 4.42 Å². The largest absolute Gasteiger partial charge is 0.455 e. The van der Waals surface area contributed by atoms with Crippen LogP contribution in [0.15, 0.2) is 74.7 Å². The molecule has 0 bridgehead atoms. The topological polar surface area (TPSA) is 83.8 Å². The Labute approximate surface area is 257 Å². The molecule has 5 rings (SSSR count). The maximum Gasteiger partial charge on any atom is 0.449 e. The lowest BCUT2D eigenvalue weighted by molar-refractivity contribution is -0.153. The van der Waals surface area contributed by atoms with Gasteiger partial charge >= 0.3 is 18.0 Å². The molecule has 246 valence electrons. The molecule has 1 atom stereocenters. The molecule has 0 aliphatic carbocycles. The normalized spacial score (nSPS) is 15.4. The molecule has 0 spiro atoms. The SMILES string of the molecule is Cc1c(N2CCN(Cc3ccc(C(F)(F)F)o3)CC2)c(=O)n(C[C@@H](O)c2ccccc2)c(=O)n1Cc1c(F)cccc1C(F)(F)F. The third-order valence-corrected chi connectivity index (χ3v) is 7.95. The second-order valence-corrected chi connectivity index (χ2v) is 10.9. The van der Waals surface area contributed by atoms with Gasteiger partial charge in [-0.3, -0.25) is 18.8 Å². The van der Waals surface area contributed by atoms with Crippen LogP contribution in [0.2, 0.25) is 0 Å². The molecule has 2 aromatic carbocycles. The lowest BCUT2D eigenvalue weighted by Gasteiger charge is -2.36. The number of anilines is 1. The molecule has 2 aromatic heterocycles. The highest BCUT2D eigenvalue weighted by Crippen LogP contribution is 2.34. The van der Waals surface area contributed by atoms with Gasteiger partial charge in [0.05, 0.1) is 31.3 Å². The molecular weight excluding hydrogens is 625 g/mol. The number of aliphatic hydroxyl groups excluding tert-OH is 1. The number of alkyl halides is 6. The quantitative estimate of drug-likeness (QED) is 0.264. The standard InChI is InChI=1S/C31H29F7N4O4/c1-19-27(40-14-12-39(13-15-40)16-21-10-11-26(46-21)31(36,37)38)28(44)42(18-25(43)20-6-3-2-4-7-20)29(45)41(19)17-22-23(30(33,34)35)8-5-9-24(22)32/h2-11,25,43H,12-18H2,1H3/t25-/m1/s1. The fourth-order valence-electron chi connectivity index (χ4n) is 5.56. The van der Waals surface area contributed by atoms with Crippen LogP contribution in [-0.2, 0) is 32.0 Å². The number of halogens is 7. The Bertz CT molecular complexity index is 1800. The van der Waals surface area contributed by atoms with Crippen LogP contribution in [0.25, 0.3) is 0 Å². The van der Waals surface area contributed by atoms with Gasteiger partial charge in [-0.05, 0) is 36.8 Å². The van der Waals surface area contributed by atoms with Gasteiger partial charge in [-0.15, -0.1) is 0 Å². The number of benzene rings is 2. The summed E-state index contributed by atoms with van der Waals surface area (Å²) in [6, 6.07) is 12.7. The Morgan fingerprint density at radius 2 is 1.50 bits per heavy atom. The number of aromatic nitrogens is 2. The van der Waals surface area contributed by atoms with E-state index in [1.54, 1.807) is 40.1 Å². The third kappa shape index (κ3) is 6.89. The van der Waals surface area contributed by atoms with Gasteiger partial charge in [-0.2, -0.15) is 26.3 Å². The van der Waals surface area contributed by atoms with Gasteiger partial charge in [-0.25, -0.2) is 9.18 Å². The van der Waals surface area contributed by atoms with Crippen molar-refractivity contribution >= 4 is 5.69 Å². The van der Waals surface area contributed by atoms with E-state index >= 15 is 0 Å². The Morgan fingerprint density at radius 3 is 2.11 bits per heavy atom. The van der Waals surface area contributed by atoms with E-state index in [-0.39, 0.29) is 49.9 Å². The lowest BCUT2D eigenvalue weighted by atomic mass is 10.1. The Morgan fingerprint density at radius 1 is 0.826 bits per heavy atom. The van der Waals surface area contributed by atoms with Crippen molar-refractivity contribution in [1.29, 1.82) is 0 Å². The van der Waals surface area contributed by atoms with Crippen LogP contribution in [0, 0.1) is 12.7 Å². The predicted octanol–water partition coefficient (Wildman–Crippen LogP) is 5.19. The van der Waals surface area contributed by atoms with Crippen molar-refractivity contribution in [2.24, 2.45) is 0 Å². The summed E-state index contributed by atoms with van der Waals surface area (Å²) in [6.07, 6.45) is -10.9. The molecule has 1 aliphatic rings. The smallest absolute Gasteiger partial charge is 0.449 e. The van der Waals surface area contributed by atoms with E-state index in [9.17, 15) is 45.4 Å². The van der Waals surface area contributed by atoms with Crippen LogP contribution < -0.4 is 16.1 Å². The highest BCUT2D eigenvalue weighted by atomic mass is 19.4. The fraction of sp³-hybridized carbons (Fsp3) is 0.355. The zero-order valence-electron chi connectivity index (χ0n) is 24.4. The fourth-order valence-corrected chi connectivity index (χ4v) is 5.56. The van der Waals surface area contributed by atoms with E-state index < -0.39 is 65.5 Å². The van der Waals surface area contributed by atoms with E-state index in [1.165, 1.54) is 13.0 Å². The van der Waals surface area contributed by atoms with Crippen LogP contribution in [0.3, 0.4) is 0 Å². The first-order valence-electron chi connectivity index (χ1n) is 14.2. The summed E-state index contributed by atoms with van der Waals surface area (Å²) in [7, 11) is 0. The van der Waals surface area contributed by atoms with Gasteiger partial charge in [-0.1, -0.05) is 36.4 Å². The van der Waals surface area contributed by atoms with Gasteiger partial charge in [0.1, 0.15) is 17.3 Å². The van der Waals surface area contributed by atoms with Crippen molar-refractivity contribution in [3.05, 3.63) is 121 Å². The Balaban J connectivity index is 1.50. The van der Waals surface area contributed by atoms with Crippen molar-refractivity contribution in [1.82, 2.24) is 14.0 Å². The van der Waals surface area contributed by atoms with Crippen molar-refractivity contribution in [2.45, 2.75) is 45.0 Å². The minimum atomic E-state index is -4.93. The summed E-state index contributed by atoms with van der Waals surface area (Å²) in [5.41, 5.74) is -3.55. The van der Waals surface area contributed by atoms with Crippen LogP contribution >= 0.6 is 0 Å². The molecule has 1 aliphatic heterocycles. The second kappa shape index (κ2) is 12.8. The van der Waals surface area contributed by atoms with Crippen LogP contribution in [-0.4, -0.2) is 45.3 Å². The molecule has 0 radical (unpaired) electrons. The maximum absolute atomic E-state index is 14.9.